The first-order valence-electron chi connectivity index (χ1n) is 3.40. The molecule has 0 bridgehead atoms. The molecule has 1 heteroatoms. The molecule has 71 valence electrons. The van der Waals surface area contributed by atoms with E-state index < -0.39 is 0 Å². The van der Waals surface area contributed by atoms with E-state index in [9.17, 15) is 0 Å². The molecule has 1 unspecified atom stereocenters. The van der Waals surface area contributed by atoms with Crippen molar-refractivity contribution in [3.63, 3.8) is 0 Å². The van der Waals surface area contributed by atoms with Crippen molar-refractivity contribution in [2.75, 3.05) is 0 Å². The Kier molecular flexibility index (Phi) is 81.8. The van der Waals surface area contributed by atoms with Crippen molar-refractivity contribution in [2.24, 2.45) is 5.92 Å². The van der Waals surface area contributed by atoms with Crippen LogP contribution in [0.25, 0.3) is 0 Å². The van der Waals surface area contributed by atoms with E-state index in [1.165, 1.54) is 0 Å². The van der Waals surface area contributed by atoms with Crippen LogP contribution >= 0.6 is 0 Å². The van der Waals surface area contributed by atoms with E-state index >= 15 is 0 Å². The first-order valence-corrected chi connectivity index (χ1v) is 3.40. The van der Waals surface area contributed by atoms with E-state index in [1.54, 1.807) is 0 Å². The minimum atomic E-state index is 0. The molecule has 0 fully saturated rings. The van der Waals surface area contributed by atoms with Crippen LogP contribution in [0.15, 0.2) is 0 Å². The minimum Gasteiger partial charge on any atom is -0.345 e. The van der Waals surface area contributed by atoms with Crippen LogP contribution in [0.3, 0.4) is 0 Å². The second kappa shape index (κ2) is 30.4. The van der Waals surface area contributed by atoms with Crippen LogP contribution in [0, 0.1) is 19.3 Å². The quantitative estimate of drug-likeness (QED) is 0.623. The molecule has 0 aromatic heterocycles. The van der Waals surface area contributed by atoms with Crippen molar-refractivity contribution < 1.29 is 32.7 Å². The molecule has 0 aliphatic carbocycles. The molecule has 0 saturated heterocycles. The topological polar surface area (TPSA) is 0 Å². The standard InChI is InChI=1S/C6H12.C2H6.2CH4.Y/c1-4-6(3)5-2;1-2;;;/h5-6H,1,4H2,2-3H3;1-2H3;2*1H4;/q-2;;;;. The average Bonchev–Trinajstić information content (AvgIpc) is 1.91. The summed E-state index contributed by atoms with van der Waals surface area (Å²) in [6, 6.07) is 0. The molecule has 11 heavy (non-hydrogen) atoms. The van der Waals surface area contributed by atoms with Crippen molar-refractivity contribution in [1.29, 1.82) is 0 Å². The second-order valence-electron chi connectivity index (χ2n) is 1.60. The van der Waals surface area contributed by atoms with Crippen molar-refractivity contribution >= 4 is 0 Å². The van der Waals surface area contributed by atoms with Gasteiger partial charge in [-0.05, 0) is 0 Å². The van der Waals surface area contributed by atoms with Crippen LogP contribution < -0.4 is 0 Å². The largest absolute Gasteiger partial charge is 0.345 e. The maximum absolute atomic E-state index is 3.73. The summed E-state index contributed by atoms with van der Waals surface area (Å²) in [5, 5.41) is 0. The molecule has 0 N–H and O–H groups in total. The Morgan fingerprint density at radius 2 is 1.55 bits per heavy atom. The fraction of sp³-hybridized carbons (Fsp3) is 0.800. The summed E-state index contributed by atoms with van der Waals surface area (Å²) in [6.45, 7) is 12.0. The third-order valence-electron chi connectivity index (χ3n) is 1.02. The maximum atomic E-state index is 3.73. The molecule has 0 rings (SSSR count). The Labute approximate surface area is 100 Å². The van der Waals surface area contributed by atoms with Crippen molar-refractivity contribution in [1.82, 2.24) is 0 Å². The van der Waals surface area contributed by atoms with Crippen LogP contribution in [-0.2, 0) is 32.7 Å². The molecule has 0 aromatic carbocycles. The zero-order valence-corrected chi connectivity index (χ0v) is 9.98. The summed E-state index contributed by atoms with van der Waals surface area (Å²) >= 11 is 0. The van der Waals surface area contributed by atoms with E-state index in [-0.39, 0.29) is 47.6 Å². The molecule has 1 radical (unpaired) electrons. The van der Waals surface area contributed by atoms with E-state index in [0.29, 0.717) is 5.92 Å². The van der Waals surface area contributed by atoms with Gasteiger partial charge >= 0.3 is 0 Å². The third kappa shape index (κ3) is 35.3. The third-order valence-corrected chi connectivity index (χ3v) is 1.02. The van der Waals surface area contributed by atoms with Gasteiger partial charge in [0.25, 0.3) is 0 Å². The summed E-state index contributed by atoms with van der Waals surface area (Å²) < 4.78 is 0. The van der Waals surface area contributed by atoms with Gasteiger partial charge in [-0.2, -0.15) is 12.8 Å². The molecule has 0 aliphatic rings. The average molecular weight is 235 g/mol. The molecule has 0 amide bonds. The van der Waals surface area contributed by atoms with Crippen LogP contribution in [0.2, 0.25) is 0 Å². The Hall–Kier alpha value is 1.10. The van der Waals surface area contributed by atoms with Crippen LogP contribution in [-0.4, -0.2) is 0 Å². The van der Waals surface area contributed by atoms with Gasteiger partial charge in [0.05, 0.1) is 0 Å². The van der Waals surface area contributed by atoms with Gasteiger partial charge in [0.1, 0.15) is 0 Å². The van der Waals surface area contributed by atoms with Gasteiger partial charge in [0.2, 0.25) is 0 Å². The SMILES string of the molecule is C.C.CC.[CH2-]CC(C)[CH-]C.[Y]. The van der Waals surface area contributed by atoms with E-state index in [0.717, 1.165) is 6.42 Å². The molecular formula is C10H26Y-2. The summed E-state index contributed by atoms with van der Waals surface area (Å²) in [7, 11) is 0. The van der Waals surface area contributed by atoms with Gasteiger partial charge in [-0.15, -0.1) is 0 Å². The van der Waals surface area contributed by atoms with Crippen molar-refractivity contribution in [3.8, 4) is 0 Å². The molecule has 0 saturated carbocycles. The van der Waals surface area contributed by atoms with E-state index in [4.69, 9.17) is 0 Å². The smallest absolute Gasteiger partial charge is 0 e. The van der Waals surface area contributed by atoms with Gasteiger partial charge in [0, 0.05) is 32.7 Å². The number of hydrogen-bond acceptors (Lipinski definition) is 0. The molecule has 0 spiro atoms. The van der Waals surface area contributed by atoms with Crippen LogP contribution in [0.4, 0.5) is 0 Å². The summed E-state index contributed by atoms with van der Waals surface area (Å²) in [5.74, 6) is 0.699. The summed E-state index contributed by atoms with van der Waals surface area (Å²) in [5.41, 5.74) is 0. The van der Waals surface area contributed by atoms with Crippen molar-refractivity contribution in [2.45, 2.75) is 49.0 Å². The van der Waals surface area contributed by atoms with Crippen LogP contribution in [0.5, 0.6) is 0 Å². The zero-order valence-electron chi connectivity index (χ0n) is 7.15. The van der Waals surface area contributed by atoms with Gasteiger partial charge < -0.3 is 13.3 Å². The normalized spacial score (nSPS) is 8.45. The fourth-order valence-electron chi connectivity index (χ4n) is 0.167. The predicted molar refractivity (Wildman–Crippen MR) is 53.9 cm³/mol. The van der Waals surface area contributed by atoms with Gasteiger partial charge in [-0.25, -0.2) is 6.42 Å². The van der Waals surface area contributed by atoms with E-state index in [1.807, 2.05) is 13.8 Å². The molecule has 0 nitrogen and oxygen atoms in total. The Balaban J connectivity index is -0.0000000222. The number of rotatable bonds is 2. The second-order valence-corrected chi connectivity index (χ2v) is 1.60. The van der Waals surface area contributed by atoms with E-state index in [2.05, 4.69) is 27.2 Å². The van der Waals surface area contributed by atoms with Gasteiger partial charge in [0.15, 0.2) is 0 Å². The van der Waals surface area contributed by atoms with Gasteiger partial charge in [-0.1, -0.05) is 35.6 Å². The zero-order chi connectivity index (χ0) is 6.99. The first kappa shape index (κ1) is 29.6. The van der Waals surface area contributed by atoms with Crippen molar-refractivity contribution in [3.05, 3.63) is 13.3 Å². The summed E-state index contributed by atoms with van der Waals surface area (Å²) in [4.78, 5) is 0. The Bertz CT molecular complexity index is 24.1. The molecule has 0 heterocycles. The molecular weight excluding hydrogens is 209 g/mol. The molecule has 1 atom stereocenters. The predicted octanol–water partition coefficient (Wildman–Crippen LogP) is 4.37. The molecule has 0 aliphatic heterocycles. The van der Waals surface area contributed by atoms with Gasteiger partial charge in [-0.3, -0.25) is 0 Å². The summed E-state index contributed by atoms with van der Waals surface area (Å²) in [6.07, 6.45) is 3.18. The monoisotopic (exact) mass is 235 g/mol. The minimum absolute atomic E-state index is 0. The first-order chi connectivity index (χ1) is 3.81. The van der Waals surface area contributed by atoms with Crippen LogP contribution in [0.1, 0.15) is 49.0 Å². The Morgan fingerprint density at radius 1 is 1.27 bits per heavy atom. The molecule has 0 aromatic rings. The fourth-order valence-corrected chi connectivity index (χ4v) is 0.167. The maximum Gasteiger partial charge on any atom is 0 e. The Morgan fingerprint density at radius 3 is 1.55 bits per heavy atom. The number of hydrogen-bond donors (Lipinski definition) is 0.